The number of ether oxygens (including phenoxy) is 1. The lowest BCUT2D eigenvalue weighted by Gasteiger charge is -2.18. The van der Waals surface area contributed by atoms with Gasteiger partial charge < -0.3 is 15.0 Å². The molecule has 0 bridgehead atoms. The normalized spacial score (nSPS) is 10.4. The molecule has 0 aliphatic carbocycles. The van der Waals surface area contributed by atoms with Crippen molar-refractivity contribution in [1.29, 1.82) is 0 Å². The highest BCUT2D eigenvalue weighted by Gasteiger charge is 2.12. The molecule has 5 heteroatoms. The number of nitrogens with zero attached hydrogens (tertiary/aromatic N) is 1. The van der Waals surface area contributed by atoms with E-state index in [-0.39, 0.29) is 6.09 Å². The Morgan fingerprint density at radius 1 is 0.963 bits per heavy atom. The molecule has 0 saturated carbocycles. The summed E-state index contributed by atoms with van der Waals surface area (Å²) < 4.78 is 5.39. The predicted octanol–water partition coefficient (Wildman–Crippen LogP) is 5.47. The van der Waals surface area contributed by atoms with E-state index in [1.807, 2.05) is 50.2 Å². The van der Waals surface area contributed by atoms with Gasteiger partial charge in [-0.05, 0) is 49.6 Å². The number of hydrogen-bond acceptors (Lipinski definition) is 3. The summed E-state index contributed by atoms with van der Waals surface area (Å²) >= 11 is 5.55. The van der Waals surface area contributed by atoms with Crippen LogP contribution in [-0.4, -0.2) is 29.1 Å². The summed E-state index contributed by atoms with van der Waals surface area (Å²) in [6, 6.07) is 21.5. The highest BCUT2D eigenvalue weighted by molar-refractivity contribution is 7.81. The van der Waals surface area contributed by atoms with Crippen molar-refractivity contribution in [2.24, 2.45) is 0 Å². The van der Waals surface area contributed by atoms with Gasteiger partial charge in [0.2, 0.25) is 0 Å². The third kappa shape index (κ3) is 4.44. The minimum Gasteiger partial charge on any atom is -0.410 e. The smallest absolute Gasteiger partial charge is 0.410 e. The van der Waals surface area contributed by atoms with E-state index in [4.69, 9.17) is 17.0 Å². The second-order valence-electron chi connectivity index (χ2n) is 6.05. The zero-order valence-corrected chi connectivity index (χ0v) is 16.3. The average Bonchev–Trinajstić information content (AvgIpc) is 2.70. The molecule has 4 nitrogen and oxygen atoms in total. The zero-order valence-electron chi connectivity index (χ0n) is 15.4. The molecular formula is C22H22N2O2S. The number of carbonyl (C=O) groups is 1. The minimum absolute atomic E-state index is 0.343. The number of carbonyl (C=O) groups excluding carboxylic acids is 1. The first-order chi connectivity index (χ1) is 13.1. The molecule has 0 aliphatic heterocycles. The van der Waals surface area contributed by atoms with Crippen LogP contribution in [0.2, 0.25) is 0 Å². The molecule has 27 heavy (non-hydrogen) atoms. The number of fused-ring (bicyclic) bond motifs is 1. The molecule has 0 fully saturated rings. The van der Waals surface area contributed by atoms with Gasteiger partial charge in [-0.15, -0.1) is 0 Å². The molecule has 138 valence electrons. The van der Waals surface area contributed by atoms with Crippen LogP contribution in [0.25, 0.3) is 10.8 Å². The SMILES string of the molecule is CCN(CC)C(=O)Oc1ccc(C(=S)Nc2cccc3ccccc23)cc1. The van der Waals surface area contributed by atoms with E-state index in [1.54, 1.807) is 17.0 Å². The molecular weight excluding hydrogens is 356 g/mol. The van der Waals surface area contributed by atoms with E-state index in [0.717, 1.165) is 22.0 Å². The number of rotatable bonds is 5. The van der Waals surface area contributed by atoms with E-state index in [1.165, 1.54) is 0 Å². The molecule has 1 N–H and O–H groups in total. The molecule has 0 heterocycles. The Bertz CT molecular complexity index is 945. The van der Waals surface area contributed by atoms with Gasteiger partial charge >= 0.3 is 6.09 Å². The van der Waals surface area contributed by atoms with E-state index in [9.17, 15) is 4.79 Å². The Morgan fingerprint density at radius 3 is 2.33 bits per heavy atom. The molecule has 0 saturated heterocycles. The van der Waals surface area contributed by atoms with Crippen LogP contribution in [0.3, 0.4) is 0 Å². The van der Waals surface area contributed by atoms with Crippen molar-refractivity contribution >= 4 is 39.8 Å². The largest absolute Gasteiger partial charge is 0.415 e. The Kier molecular flexibility index (Phi) is 6.04. The number of nitrogens with one attached hydrogen (secondary N) is 1. The van der Waals surface area contributed by atoms with E-state index in [0.29, 0.717) is 23.8 Å². The van der Waals surface area contributed by atoms with Crippen molar-refractivity contribution in [3.05, 3.63) is 72.3 Å². The summed E-state index contributed by atoms with van der Waals surface area (Å²) in [6.45, 7) is 5.08. The first-order valence-corrected chi connectivity index (χ1v) is 9.39. The molecule has 0 aromatic heterocycles. The Labute approximate surface area is 164 Å². The number of benzene rings is 3. The standard InChI is InChI=1S/C22H22N2O2S/c1-3-24(4-2)22(25)26-18-14-12-17(13-15-18)21(27)23-20-11-7-9-16-8-5-6-10-19(16)20/h5-15H,3-4H2,1-2H3,(H,23,27). The lowest BCUT2D eigenvalue weighted by molar-refractivity contribution is 0.157. The summed E-state index contributed by atoms with van der Waals surface area (Å²) in [7, 11) is 0. The number of amides is 1. The highest BCUT2D eigenvalue weighted by atomic mass is 32.1. The van der Waals surface area contributed by atoms with Crippen LogP contribution in [0.15, 0.2) is 66.7 Å². The second-order valence-corrected chi connectivity index (χ2v) is 6.45. The van der Waals surface area contributed by atoms with Crippen LogP contribution in [-0.2, 0) is 0 Å². The van der Waals surface area contributed by atoms with Gasteiger partial charge in [-0.3, -0.25) is 0 Å². The highest BCUT2D eigenvalue weighted by Crippen LogP contribution is 2.24. The van der Waals surface area contributed by atoms with Gasteiger partial charge in [-0.1, -0.05) is 48.6 Å². The Balaban J connectivity index is 1.71. The zero-order chi connectivity index (χ0) is 19.2. The van der Waals surface area contributed by atoms with E-state index in [2.05, 4.69) is 23.5 Å². The van der Waals surface area contributed by atoms with Crippen molar-refractivity contribution in [3.8, 4) is 5.75 Å². The molecule has 0 aliphatic rings. The lowest BCUT2D eigenvalue weighted by atomic mass is 10.1. The van der Waals surface area contributed by atoms with Gasteiger partial charge in [0.15, 0.2) is 0 Å². The number of anilines is 1. The maximum Gasteiger partial charge on any atom is 0.415 e. The first-order valence-electron chi connectivity index (χ1n) is 8.98. The molecule has 0 radical (unpaired) electrons. The maximum absolute atomic E-state index is 12.0. The van der Waals surface area contributed by atoms with Crippen molar-refractivity contribution in [1.82, 2.24) is 4.90 Å². The summed E-state index contributed by atoms with van der Waals surface area (Å²) in [5.41, 5.74) is 1.83. The lowest BCUT2D eigenvalue weighted by Crippen LogP contribution is -2.33. The fraction of sp³-hybridized carbons (Fsp3) is 0.182. The van der Waals surface area contributed by atoms with Crippen LogP contribution in [0.5, 0.6) is 5.75 Å². The van der Waals surface area contributed by atoms with Crippen molar-refractivity contribution < 1.29 is 9.53 Å². The van der Waals surface area contributed by atoms with E-state index >= 15 is 0 Å². The minimum atomic E-state index is -0.343. The van der Waals surface area contributed by atoms with Gasteiger partial charge in [-0.25, -0.2) is 4.79 Å². The van der Waals surface area contributed by atoms with Gasteiger partial charge in [0.1, 0.15) is 10.7 Å². The van der Waals surface area contributed by atoms with Crippen molar-refractivity contribution in [3.63, 3.8) is 0 Å². The summed E-state index contributed by atoms with van der Waals surface area (Å²) in [5.74, 6) is 0.503. The summed E-state index contributed by atoms with van der Waals surface area (Å²) in [6.07, 6.45) is -0.343. The fourth-order valence-corrected chi connectivity index (χ4v) is 3.10. The van der Waals surface area contributed by atoms with Crippen LogP contribution in [0.1, 0.15) is 19.4 Å². The van der Waals surface area contributed by atoms with Gasteiger partial charge in [-0.2, -0.15) is 0 Å². The van der Waals surface area contributed by atoms with Crippen LogP contribution >= 0.6 is 12.2 Å². The molecule has 3 rings (SSSR count). The summed E-state index contributed by atoms with van der Waals surface area (Å²) in [5, 5.41) is 5.59. The van der Waals surface area contributed by atoms with Crippen LogP contribution < -0.4 is 10.1 Å². The van der Waals surface area contributed by atoms with E-state index < -0.39 is 0 Å². The molecule has 3 aromatic rings. The Morgan fingerprint density at radius 2 is 1.63 bits per heavy atom. The van der Waals surface area contributed by atoms with Crippen LogP contribution in [0.4, 0.5) is 10.5 Å². The number of hydrogen-bond donors (Lipinski definition) is 1. The van der Waals surface area contributed by atoms with Gasteiger partial charge in [0, 0.05) is 29.7 Å². The Hall–Kier alpha value is -2.92. The maximum atomic E-state index is 12.0. The predicted molar refractivity (Wildman–Crippen MR) is 115 cm³/mol. The van der Waals surface area contributed by atoms with Gasteiger partial charge in [0.25, 0.3) is 0 Å². The molecule has 0 spiro atoms. The third-order valence-corrected chi connectivity index (χ3v) is 4.72. The summed E-state index contributed by atoms with van der Waals surface area (Å²) in [4.78, 5) is 14.3. The van der Waals surface area contributed by atoms with Crippen molar-refractivity contribution in [2.75, 3.05) is 18.4 Å². The molecule has 3 aromatic carbocycles. The van der Waals surface area contributed by atoms with Crippen molar-refractivity contribution in [2.45, 2.75) is 13.8 Å². The van der Waals surface area contributed by atoms with Gasteiger partial charge in [0.05, 0.1) is 0 Å². The second kappa shape index (κ2) is 8.64. The first kappa shape index (κ1) is 18.9. The number of thiocarbonyl (C=S) groups is 1. The quantitative estimate of drug-likeness (QED) is 0.598. The van der Waals surface area contributed by atoms with Crippen LogP contribution in [0, 0.1) is 0 Å². The fourth-order valence-electron chi connectivity index (χ4n) is 2.85. The monoisotopic (exact) mass is 378 g/mol. The molecule has 0 unspecified atom stereocenters. The molecule has 1 amide bonds. The topological polar surface area (TPSA) is 41.6 Å². The average molecular weight is 378 g/mol. The third-order valence-electron chi connectivity index (χ3n) is 4.38. The molecule has 0 atom stereocenters.